The predicted octanol–water partition coefficient (Wildman–Crippen LogP) is 3.98. The van der Waals surface area contributed by atoms with Crippen molar-refractivity contribution in [2.75, 3.05) is 13.7 Å². The van der Waals surface area contributed by atoms with Gasteiger partial charge in [0.05, 0.1) is 29.5 Å². The zero-order valence-corrected chi connectivity index (χ0v) is 17.1. The summed E-state index contributed by atoms with van der Waals surface area (Å²) in [5.41, 5.74) is 1.65. The molecular formula is C19H17ClN6O2S. The monoisotopic (exact) mass is 428 g/mol. The van der Waals surface area contributed by atoms with Crippen LogP contribution in [0.25, 0.3) is 22.8 Å². The summed E-state index contributed by atoms with van der Waals surface area (Å²) in [6.45, 7) is 1.17. The first-order valence-electron chi connectivity index (χ1n) is 8.79. The molecule has 0 saturated carbocycles. The Morgan fingerprint density at radius 1 is 1.14 bits per heavy atom. The molecule has 0 saturated heterocycles. The van der Waals surface area contributed by atoms with Gasteiger partial charge in [-0.2, -0.15) is 4.98 Å². The highest BCUT2D eigenvalue weighted by molar-refractivity contribution is 7.98. The van der Waals surface area contributed by atoms with Gasteiger partial charge in [-0.05, 0) is 24.3 Å². The fourth-order valence-electron chi connectivity index (χ4n) is 2.68. The molecule has 0 aliphatic heterocycles. The van der Waals surface area contributed by atoms with Gasteiger partial charge in [-0.25, -0.2) is 0 Å². The van der Waals surface area contributed by atoms with Crippen molar-refractivity contribution in [1.29, 1.82) is 0 Å². The van der Waals surface area contributed by atoms with Crippen LogP contribution in [-0.2, 0) is 17.0 Å². The molecule has 0 radical (unpaired) electrons. The number of thioether (sulfide) groups is 1. The second-order valence-electron chi connectivity index (χ2n) is 5.97. The lowest BCUT2D eigenvalue weighted by atomic mass is 10.2. The van der Waals surface area contributed by atoms with Gasteiger partial charge in [0.15, 0.2) is 16.8 Å². The second kappa shape index (κ2) is 9.17. The minimum Gasteiger partial charge on any atom is -0.383 e. The van der Waals surface area contributed by atoms with Crippen molar-refractivity contribution in [1.82, 2.24) is 29.9 Å². The number of nitrogens with zero attached hydrogens (tertiary/aromatic N) is 6. The van der Waals surface area contributed by atoms with Crippen LogP contribution in [0, 0.1) is 0 Å². The summed E-state index contributed by atoms with van der Waals surface area (Å²) in [7, 11) is 1.67. The van der Waals surface area contributed by atoms with Crippen molar-refractivity contribution < 1.29 is 9.26 Å². The molecular weight excluding hydrogens is 412 g/mol. The van der Waals surface area contributed by atoms with Gasteiger partial charge in [0.25, 0.3) is 5.89 Å². The summed E-state index contributed by atoms with van der Waals surface area (Å²) in [6, 6.07) is 11.2. The maximum Gasteiger partial charge on any atom is 0.259 e. The molecule has 148 valence electrons. The minimum absolute atomic E-state index is 0.393. The van der Waals surface area contributed by atoms with Crippen molar-refractivity contribution in [3.05, 3.63) is 59.6 Å². The first kappa shape index (κ1) is 19.6. The molecule has 0 atom stereocenters. The largest absolute Gasteiger partial charge is 0.383 e. The topological polar surface area (TPSA) is 91.8 Å². The molecule has 0 bridgehead atoms. The van der Waals surface area contributed by atoms with E-state index in [4.69, 9.17) is 20.9 Å². The van der Waals surface area contributed by atoms with Crippen molar-refractivity contribution in [3.8, 4) is 22.8 Å². The van der Waals surface area contributed by atoms with E-state index in [1.807, 2.05) is 34.9 Å². The molecule has 1 aromatic carbocycles. The third-order valence-electron chi connectivity index (χ3n) is 4.08. The summed E-state index contributed by atoms with van der Waals surface area (Å²) >= 11 is 7.68. The third kappa shape index (κ3) is 4.47. The van der Waals surface area contributed by atoms with Crippen LogP contribution < -0.4 is 0 Å². The van der Waals surface area contributed by atoms with Gasteiger partial charge in [-0.15, -0.1) is 10.2 Å². The molecule has 29 heavy (non-hydrogen) atoms. The van der Waals surface area contributed by atoms with E-state index < -0.39 is 0 Å². The number of methoxy groups -OCH3 is 1. The molecule has 3 heterocycles. The van der Waals surface area contributed by atoms with Crippen molar-refractivity contribution in [2.45, 2.75) is 17.5 Å². The molecule has 0 aliphatic carbocycles. The number of hydrogen-bond acceptors (Lipinski definition) is 8. The van der Waals surface area contributed by atoms with Crippen molar-refractivity contribution in [3.63, 3.8) is 0 Å². The van der Waals surface area contributed by atoms with Gasteiger partial charge in [-0.1, -0.05) is 40.7 Å². The molecule has 0 unspecified atom stereocenters. The number of aromatic nitrogens is 6. The predicted molar refractivity (Wildman–Crippen MR) is 109 cm³/mol. The van der Waals surface area contributed by atoms with Crippen molar-refractivity contribution in [2.24, 2.45) is 0 Å². The molecule has 0 amide bonds. The van der Waals surface area contributed by atoms with E-state index >= 15 is 0 Å². The summed E-state index contributed by atoms with van der Waals surface area (Å²) in [5, 5.41) is 14.0. The Balaban J connectivity index is 1.53. The number of rotatable bonds is 8. The van der Waals surface area contributed by atoms with E-state index in [2.05, 4.69) is 25.3 Å². The molecule has 3 aromatic heterocycles. The van der Waals surface area contributed by atoms with Gasteiger partial charge in [-0.3, -0.25) is 9.55 Å². The number of halogens is 1. The highest BCUT2D eigenvalue weighted by Gasteiger charge is 2.17. The first-order valence-corrected chi connectivity index (χ1v) is 10.2. The second-order valence-corrected chi connectivity index (χ2v) is 7.32. The van der Waals surface area contributed by atoms with E-state index in [0.29, 0.717) is 41.2 Å². The summed E-state index contributed by atoms with van der Waals surface area (Å²) in [5.74, 6) is 2.19. The lowest BCUT2D eigenvalue weighted by Crippen LogP contribution is -2.07. The molecule has 10 heteroatoms. The van der Waals surface area contributed by atoms with Crippen LogP contribution in [0.3, 0.4) is 0 Å². The van der Waals surface area contributed by atoms with E-state index in [0.717, 1.165) is 16.5 Å². The van der Waals surface area contributed by atoms with Crippen LogP contribution in [0.5, 0.6) is 0 Å². The van der Waals surface area contributed by atoms with E-state index in [-0.39, 0.29) is 0 Å². The Hall–Kier alpha value is -2.75. The standard InChI is InChI=1S/C19H17ClN6O2S/c1-27-11-10-26-17(13-6-8-21-9-7-13)23-24-19(26)29-12-16-22-18(28-25-16)14-4-2-3-5-15(14)20/h2-9H,10-12H2,1H3. The molecule has 8 nitrogen and oxygen atoms in total. The fraction of sp³-hybridized carbons (Fsp3) is 0.211. The Bertz CT molecular complexity index is 1090. The number of ether oxygens (including phenoxy) is 1. The van der Waals surface area contributed by atoms with Gasteiger partial charge in [0, 0.05) is 25.1 Å². The number of pyridine rings is 1. The minimum atomic E-state index is 0.393. The highest BCUT2D eigenvalue weighted by Crippen LogP contribution is 2.28. The normalized spacial score (nSPS) is 11.1. The van der Waals surface area contributed by atoms with Crippen LogP contribution in [0.2, 0.25) is 5.02 Å². The van der Waals surface area contributed by atoms with Crippen LogP contribution in [0.15, 0.2) is 58.5 Å². The number of benzene rings is 1. The molecule has 0 aliphatic rings. The Labute approximate surface area is 176 Å². The maximum atomic E-state index is 6.20. The number of hydrogen-bond donors (Lipinski definition) is 0. The van der Waals surface area contributed by atoms with Crippen molar-refractivity contribution >= 4 is 23.4 Å². The van der Waals surface area contributed by atoms with Crippen LogP contribution >= 0.6 is 23.4 Å². The highest BCUT2D eigenvalue weighted by atomic mass is 35.5. The van der Waals surface area contributed by atoms with Gasteiger partial charge < -0.3 is 9.26 Å². The van der Waals surface area contributed by atoms with E-state index in [1.165, 1.54) is 11.8 Å². The van der Waals surface area contributed by atoms with E-state index in [1.54, 1.807) is 25.6 Å². The average molecular weight is 429 g/mol. The summed E-state index contributed by atoms with van der Waals surface area (Å²) in [6.07, 6.45) is 3.46. The van der Waals surface area contributed by atoms with Crippen LogP contribution in [-0.4, -0.2) is 43.6 Å². The third-order valence-corrected chi connectivity index (χ3v) is 5.37. The maximum absolute atomic E-state index is 6.20. The zero-order valence-electron chi connectivity index (χ0n) is 15.5. The van der Waals surface area contributed by atoms with Gasteiger partial charge in [0.1, 0.15) is 0 Å². The molecule has 4 aromatic rings. The van der Waals surface area contributed by atoms with Crippen LogP contribution in [0.1, 0.15) is 5.82 Å². The van der Waals surface area contributed by atoms with Crippen LogP contribution in [0.4, 0.5) is 0 Å². The Kier molecular flexibility index (Phi) is 6.18. The SMILES string of the molecule is COCCn1c(SCc2noc(-c3ccccc3Cl)n2)nnc1-c1ccncc1. The summed E-state index contributed by atoms with van der Waals surface area (Å²) in [4.78, 5) is 8.50. The Morgan fingerprint density at radius 3 is 2.76 bits per heavy atom. The van der Waals surface area contributed by atoms with E-state index in [9.17, 15) is 0 Å². The molecule has 4 rings (SSSR count). The quantitative estimate of drug-likeness (QED) is 0.389. The molecule has 0 N–H and O–H groups in total. The zero-order chi connectivity index (χ0) is 20.1. The Morgan fingerprint density at radius 2 is 1.97 bits per heavy atom. The lowest BCUT2D eigenvalue weighted by molar-refractivity contribution is 0.185. The first-order chi connectivity index (χ1) is 14.3. The van der Waals surface area contributed by atoms with Gasteiger partial charge >= 0.3 is 0 Å². The summed E-state index contributed by atoms with van der Waals surface area (Å²) < 4.78 is 12.6. The average Bonchev–Trinajstić information content (AvgIpc) is 3.38. The van der Waals surface area contributed by atoms with Gasteiger partial charge in [0.2, 0.25) is 0 Å². The smallest absolute Gasteiger partial charge is 0.259 e. The fourth-order valence-corrected chi connectivity index (χ4v) is 3.70. The lowest BCUT2D eigenvalue weighted by Gasteiger charge is -2.09. The molecule has 0 spiro atoms. The molecule has 0 fully saturated rings.